The maximum atomic E-state index is 4.12. The summed E-state index contributed by atoms with van der Waals surface area (Å²) >= 11 is 0. The number of nitrogens with zero attached hydrogens (tertiary/aromatic N) is 7. The van der Waals surface area contributed by atoms with Crippen molar-refractivity contribution >= 4 is 0 Å². The van der Waals surface area contributed by atoms with Crippen LogP contribution in [0.4, 0.5) is 0 Å². The van der Waals surface area contributed by atoms with E-state index in [1.807, 2.05) is 36.4 Å². The van der Waals surface area contributed by atoms with E-state index < -0.39 is 0 Å². The molecule has 0 aliphatic heterocycles. The molecule has 0 unspecified atom stereocenters. The smallest absolute Gasteiger partial charge is 0.268 e. The predicted molar refractivity (Wildman–Crippen MR) is 291 cm³/mol. The average Bonchev–Trinajstić information content (AvgIpc) is 4.24. The monoisotopic (exact) mass is 1140 g/mol. The molecule has 8 heteroatoms. The maximum absolute atomic E-state index is 4.12. The van der Waals surface area contributed by atoms with Crippen molar-refractivity contribution in [2.75, 3.05) is 0 Å². The first-order valence-corrected chi connectivity index (χ1v) is 24.3. The molecule has 0 aliphatic carbocycles. The average molecular weight is 1140 g/mol. The van der Waals surface area contributed by atoms with E-state index in [0.717, 1.165) is 79.2 Å². The first kappa shape index (κ1) is 50.1. The van der Waals surface area contributed by atoms with Crippen molar-refractivity contribution in [2.24, 2.45) is 0 Å². The summed E-state index contributed by atoms with van der Waals surface area (Å²) in [6, 6.07) is 86.2. The van der Waals surface area contributed by atoms with Crippen LogP contribution in [-0.2, 0) is 20.1 Å². The van der Waals surface area contributed by atoms with Crippen molar-refractivity contribution in [3.63, 3.8) is 0 Å². The van der Waals surface area contributed by atoms with Crippen LogP contribution in [0.3, 0.4) is 0 Å². The van der Waals surface area contributed by atoms with Gasteiger partial charge in [0.25, 0.3) is 12.7 Å². The molecule has 363 valence electrons. The third kappa shape index (κ3) is 11.4. The van der Waals surface area contributed by atoms with Crippen molar-refractivity contribution in [2.45, 2.75) is 27.7 Å². The van der Waals surface area contributed by atoms with Crippen LogP contribution in [0, 0.1) is 52.5 Å². The SMILES string of the molecule is Cc1c[c-]c(-n2[c-][n+](-c3ccc(C)cc3)c(-c3ccccc3)c2-c2ccccc2)cc1.Cc1c[c-]c(-n2[c-][n+](-c3ccc(C)cc3)c(-c3ccccc3)c2-c2ccccc2)cc1.[Ir].c1ccc(-c2ccn[n-]2)nc1. The molecule has 4 aromatic heterocycles. The second-order valence-corrected chi connectivity index (χ2v) is 17.7. The van der Waals surface area contributed by atoms with E-state index in [-0.39, 0.29) is 20.1 Å². The standard InChI is InChI=1S/2C29H23N2.C8H6N3.Ir/c2*1-22-13-17-26(18-14-22)30-21-31(27-19-15-23(2)16-20-27)29(25-11-7-4-8-12-25)28(30)24-9-5-3-6-10-24;1-2-5-9-7(3-1)8-4-6-10-11-8;/h2*3-19H,1-2H3;1-6H;/q3*-1;. The van der Waals surface area contributed by atoms with Crippen molar-refractivity contribution in [1.29, 1.82) is 0 Å². The normalized spacial score (nSPS) is 10.6. The van der Waals surface area contributed by atoms with Crippen molar-refractivity contribution in [3.05, 3.63) is 290 Å². The van der Waals surface area contributed by atoms with Gasteiger partial charge in [0.15, 0.2) is 0 Å². The van der Waals surface area contributed by atoms with E-state index in [2.05, 4.69) is 280 Å². The molecule has 0 atom stereocenters. The molecule has 0 saturated carbocycles. The van der Waals surface area contributed by atoms with E-state index in [0.29, 0.717) is 0 Å². The fourth-order valence-corrected chi connectivity index (χ4v) is 8.53. The van der Waals surface area contributed by atoms with Gasteiger partial charge in [-0.3, -0.25) is 14.1 Å². The summed E-state index contributed by atoms with van der Waals surface area (Å²) in [7, 11) is 0. The molecule has 74 heavy (non-hydrogen) atoms. The van der Waals surface area contributed by atoms with Gasteiger partial charge in [0, 0.05) is 38.2 Å². The minimum atomic E-state index is 0. The molecule has 0 fully saturated rings. The van der Waals surface area contributed by atoms with Gasteiger partial charge in [-0.15, -0.1) is 0 Å². The summed E-state index contributed by atoms with van der Waals surface area (Å²) in [5, 5.41) is 7.58. The predicted octanol–water partition coefficient (Wildman–Crippen LogP) is 13.7. The molecule has 1 radical (unpaired) electrons. The van der Waals surface area contributed by atoms with Crippen LogP contribution >= 0.6 is 0 Å². The van der Waals surface area contributed by atoms with Crippen molar-refractivity contribution in [1.82, 2.24) is 24.3 Å². The van der Waals surface area contributed by atoms with Gasteiger partial charge in [0.1, 0.15) is 0 Å². The summed E-state index contributed by atoms with van der Waals surface area (Å²) in [5.74, 6) is 0. The maximum Gasteiger partial charge on any atom is 0.268 e. The van der Waals surface area contributed by atoms with Crippen LogP contribution in [0.15, 0.2) is 243 Å². The van der Waals surface area contributed by atoms with E-state index in [1.54, 1.807) is 12.4 Å². The number of imidazole rings is 2. The molecule has 4 heterocycles. The number of pyridine rings is 1. The Morgan fingerprint density at radius 3 is 1.14 bits per heavy atom. The minimum absolute atomic E-state index is 0. The molecule has 7 nitrogen and oxygen atoms in total. The first-order chi connectivity index (χ1) is 35.9. The second kappa shape index (κ2) is 23.6. The van der Waals surface area contributed by atoms with Crippen LogP contribution in [0.2, 0.25) is 0 Å². The largest absolute Gasteiger partial charge is 0.574 e. The van der Waals surface area contributed by atoms with E-state index in [9.17, 15) is 0 Å². The number of hydrogen-bond donors (Lipinski definition) is 0. The number of benzene rings is 8. The van der Waals surface area contributed by atoms with Crippen LogP contribution in [0.25, 0.3) is 79.2 Å². The van der Waals surface area contributed by atoms with E-state index in [1.165, 1.54) is 22.3 Å². The quantitative estimate of drug-likeness (QED) is 0.107. The van der Waals surface area contributed by atoms with Crippen LogP contribution in [-0.4, -0.2) is 19.2 Å². The van der Waals surface area contributed by atoms with Gasteiger partial charge in [-0.2, -0.15) is 59.7 Å². The Morgan fingerprint density at radius 1 is 0.392 bits per heavy atom. The molecule has 0 amide bonds. The Labute approximate surface area is 447 Å². The van der Waals surface area contributed by atoms with Gasteiger partial charge < -0.3 is 19.3 Å². The molecule has 12 rings (SSSR count). The van der Waals surface area contributed by atoms with Gasteiger partial charge in [-0.1, -0.05) is 188 Å². The molecule has 0 spiro atoms. The third-order valence-electron chi connectivity index (χ3n) is 12.3. The molecule has 0 aliphatic rings. The third-order valence-corrected chi connectivity index (χ3v) is 12.3. The van der Waals surface area contributed by atoms with Crippen molar-refractivity contribution in [3.8, 4) is 79.2 Å². The summed E-state index contributed by atoms with van der Waals surface area (Å²) in [6.07, 6.45) is 10.6. The van der Waals surface area contributed by atoms with Crippen LogP contribution in [0.1, 0.15) is 22.3 Å². The molecule has 0 bridgehead atoms. The zero-order chi connectivity index (χ0) is 49.9. The van der Waals surface area contributed by atoms with Crippen LogP contribution < -0.4 is 14.2 Å². The zero-order valence-corrected chi connectivity index (χ0v) is 44.0. The number of rotatable bonds is 9. The molecule has 12 aromatic rings. The van der Waals surface area contributed by atoms with Gasteiger partial charge in [0.2, 0.25) is 0 Å². The Bertz CT molecular complexity index is 3210. The molecular weight excluding hydrogens is 1080 g/mol. The van der Waals surface area contributed by atoms with Crippen LogP contribution in [0.5, 0.6) is 0 Å². The summed E-state index contributed by atoms with van der Waals surface area (Å²) < 4.78 is 8.56. The Hall–Kier alpha value is -8.81. The van der Waals surface area contributed by atoms with Gasteiger partial charge >= 0.3 is 0 Å². The number of hydrogen-bond acceptors (Lipinski definition) is 2. The molecule has 0 saturated heterocycles. The summed E-state index contributed by atoms with van der Waals surface area (Å²) in [4.78, 5) is 4.12. The van der Waals surface area contributed by atoms with E-state index in [4.69, 9.17) is 0 Å². The molecule has 0 N–H and O–H groups in total. The second-order valence-electron chi connectivity index (χ2n) is 17.7. The topological polar surface area (TPSA) is 57.5 Å². The van der Waals surface area contributed by atoms with Gasteiger partial charge in [0.05, 0.1) is 34.2 Å². The number of aryl methyl sites for hydroxylation is 4. The zero-order valence-electron chi connectivity index (χ0n) is 41.6. The first-order valence-electron chi connectivity index (χ1n) is 24.3. The summed E-state index contributed by atoms with van der Waals surface area (Å²) in [6.45, 7) is 8.38. The Balaban J connectivity index is 0.000000149. The molecular formula is C66H52IrN7-3. The van der Waals surface area contributed by atoms with E-state index >= 15 is 0 Å². The fourth-order valence-electron chi connectivity index (χ4n) is 8.53. The summed E-state index contributed by atoms with van der Waals surface area (Å²) in [5.41, 5.74) is 19.6. The van der Waals surface area contributed by atoms with Gasteiger partial charge in [-0.05, 0) is 83.9 Å². The minimum Gasteiger partial charge on any atom is -0.574 e. The number of aromatic nitrogens is 7. The fraction of sp³-hybridized carbons (Fsp3) is 0.0606. The Kier molecular flexibility index (Phi) is 16.0. The van der Waals surface area contributed by atoms with Gasteiger partial charge in [-0.25, -0.2) is 0 Å². The van der Waals surface area contributed by atoms with Crippen molar-refractivity contribution < 1.29 is 29.2 Å². The Morgan fingerprint density at radius 2 is 0.784 bits per heavy atom. The molecule has 8 aromatic carbocycles.